The van der Waals surface area contributed by atoms with Crippen molar-refractivity contribution in [3.63, 3.8) is 0 Å². The fraction of sp³-hybridized carbons (Fsp3) is 0.778. The molecule has 0 aliphatic carbocycles. The fourth-order valence-electron chi connectivity index (χ4n) is 3.62. The van der Waals surface area contributed by atoms with Crippen molar-refractivity contribution in [1.82, 2.24) is 20.0 Å². The maximum absolute atomic E-state index is 13.0. The van der Waals surface area contributed by atoms with Crippen LogP contribution in [0.5, 0.6) is 0 Å². The van der Waals surface area contributed by atoms with Gasteiger partial charge in [-0.2, -0.15) is 5.10 Å². The number of aromatic nitrogens is 2. The van der Waals surface area contributed by atoms with Gasteiger partial charge in [-0.3, -0.25) is 9.48 Å². The highest BCUT2D eigenvalue weighted by Gasteiger charge is 2.28. The monoisotopic (exact) mass is 392 g/mol. The molecule has 1 aromatic rings. The number of aryl methyl sites for hydroxylation is 2. The summed E-state index contributed by atoms with van der Waals surface area (Å²) in [5, 5.41) is 7.87. The van der Waals surface area contributed by atoms with E-state index in [1.54, 1.807) is 0 Å². The van der Waals surface area contributed by atoms with E-state index in [4.69, 9.17) is 0 Å². The molecule has 1 N–H and O–H groups in total. The van der Waals surface area contributed by atoms with Gasteiger partial charge in [-0.05, 0) is 58.2 Å². The topological polar surface area (TPSA) is 50.2 Å². The number of halogens is 2. The number of carbonyl (C=O) groups is 1. The van der Waals surface area contributed by atoms with Crippen LogP contribution >= 0.6 is 24.8 Å². The van der Waals surface area contributed by atoms with Crippen LogP contribution in [0.3, 0.4) is 0 Å². The van der Waals surface area contributed by atoms with Crippen molar-refractivity contribution in [3.8, 4) is 0 Å². The predicted molar refractivity (Wildman–Crippen MR) is 108 cm³/mol. The van der Waals surface area contributed by atoms with Crippen molar-refractivity contribution >= 4 is 30.7 Å². The predicted octanol–water partition coefficient (Wildman–Crippen LogP) is 3.05. The van der Waals surface area contributed by atoms with Crippen molar-refractivity contribution in [3.05, 3.63) is 17.0 Å². The quantitative estimate of drug-likeness (QED) is 0.808. The van der Waals surface area contributed by atoms with Gasteiger partial charge in [-0.1, -0.05) is 13.8 Å². The average molecular weight is 393 g/mol. The normalized spacial score (nSPS) is 15.9. The lowest BCUT2D eigenvalue weighted by atomic mass is 9.96. The Labute approximate surface area is 164 Å². The van der Waals surface area contributed by atoms with E-state index in [9.17, 15) is 4.79 Å². The Bertz CT molecular complexity index is 541. The Morgan fingerprint density at radius 1 is 1.32 bits per heavy atom. The molecule has 0 spiro atoms. The minimum atomic E-state index is 0. The van der Waals surface area contributed by atoms with E-state index in [1.807, 2.05) is 18.7 Å². The largest absolute Gasteiger partial charge is 0.339 e. The minimum Gasteiger partial charge on any atom is -0.339 e. The molecule has 1 amide bonds. The zero-order valence-electron chi connectivity index (χ0n) is 16.2. The van der Waals surface area contributed by atoms with Crippen LogP contribution in [-0.2, 0) is 18.3 Å². The van der Waals surface area contributed by atoms with Crippen LogP contribution in [0.25, 0.3) is 0 Å². The zero-order valence-corrected chi connectivity index (χ0v) is 17.8. The van der Waals surface area contributed by atoms with Crippen LogP contribution in [0, 0.1) is 19.8 Å². The lowest BCUT2D eigenvalue weighted by molar-refractivity contribution is -0.138. The molecule has 1 atom stereocenters. The van der Waals surface area contributed by atoms with E-state index < -0.39 is 0 Å². The first-order chi connectivity index (χ1) is 11.0. The molecule has 2 rings (SSSR count). The summed E-state index contributed by atoms with van der Waals surface area (Å²) >= 11 is 0. The molecule has 0 saturated carbocycles. The van der Waals surface area contributed by atoms with Gasteiger partial charge in [0.2, 0.25) is 5.91 Å². The molecule has 0 bridgehead atoms. The molecule has 1 aliphatic rings. The number of nitrogens with zero attached hydrogens (tertiary/aromatic N) is 3. The number of hydrogen-bond donors (Lipinski definition) is 1. The molecule has 146 valence electrons. The van der Waals surface area contributed by atoms with E-state index in [0.29, 0.717) is 11.9 Å². The summed E-state index contributed by atoms with van der Waals surface area (Å²) in [5.41, 5.74) is 3.45. The van der Waals surface area contributed by atoms with Gasteiger partial charge in [0, 0.05) is 31.2 Å². The highest BCUT2D eigenvalue weighted by Crippen LogP contribution is 2.21. The summed E-state index contributed by atoms with van der Waals surface area (Å²) in [4.78, 5) is 15.2. The fourth-order valence-corrected chi connectivity index (χ4v) is 3.62. The van der Waals surface area contributed by atoms with Crippen LogP contribution in [0.15, 0.2) is 0 Å². The standard InChI is InChI=1S/C18H32N4O.2ClH/c1-6-11-22(16-7-9-19-10-8-16)18(23)13(2)12-17-14(3)20-21(5)15(17)4;;/h13,16,19H,6-12H2,1-5H3;2*1H. The molecule has 1 saturated heterocycles. The van der Waals surface area contributed by atoms with E-state index in [1.165, 1.54) is 11.3 Å². The number of carbonyl (C=O) groups excluding carboxylic acids is 1. The molecule has 5 nitrogen and oxygen atoms in total. The van der Waals surface area contributed by atoms with Gasteiger partial charge in [0.25, 0.3) is 0 Å². The third-order valence-corrected chi connectivity index (χ3v) is 5.09. The second kappa shape index (κ2) is 11.0. The molecule has 2 heterocycles. The highest BCUT2D eigenvalue weighted by molar-refractivity contribution is 5.85. The number of amides is 1. The number of hydrogen-bond acceptors (Lipinski definition) is 3. The summed E-state index contributed by atoms with van der Waals surface area (Å²) in [5.74, 6) is 0.319. The van der Waals surface area contributed by atoms with E-state index in [0.717, 1.165) is 51.0 Å². The molecular formula is C18H34Cl2N4O. The Kier molecular flexibility index (Phi) is 10.7. The van der Waals surface area contributed by atoms with Gasteiger partial charge in [-0.15, -0.1) is 24.8 Å². The van der Waals surface area contributed by atoms with Crippen molar-refractivity contribution in [2.75, 3.05) is 19.6 Å². The SMILES string of the molecule is CCCN(C(=O)C(C)Cc1c(C)nn(C)c1C)C1CCNCC1.Cl.Cl. The second-order valence-corrected chi connectivity index (χ2v) is 6.89. The van der Waals surface area contributed by atoms with Crippen LogP contribution in [0.4, 0.5) is 0 Å². The Hall–Kier alpha value is -0.780. The second-order valence-electron chi connectivity index (χ2n) is 6.89. The molecule has 0 aromatic carbocycles. The summed E-state index contributed by atoms with van der Waals surface area (Å²) in [6.45, 7) is 11.3. The van der Waals surface area contributed by atoms with Gasteiger partial charge in [0.1, 0.15) is 0 Å². The first-order valence-electron chi connectivity index (χ1n) is 8.96. The Morgan fingerprint density at radius 2 is 1.92 bits per heavy atom. The van der Waals surface area contributed by atoms with Gasteiger partial charge in [0.05, 0.1) is 5.69 Å². The minimum absolute atomic E-state index is 0. The average Bonchev–Trinajstić information content (AvgIpc) is 2.79. The van der Waals surface area contributed by atoms with Crippen LogP contribution in [0.2, 0.25) is 0 Å². The van der Waals surface area contributed by atoms with Crippen LogP contribution in [-0.4, -0.2) is 46.3 Å². The van der Waals surface area contributed by atoms with Crippen LogP contribution < -0.4 is 5.32 Å². The summed E-state index contributed by atoms with van der Waals surface area (Å²) in [6, 6.07) is 0.405. The number of piperidine rings is 1. The summed E-state index contributed by atoms with van der Waals surface area (Å²) in [6.07, 6.45) is 3.95. The smallest absolute Gasteiger partial charge is 0.225 e. The number of nitrogens with one attached hydrogen (secondary N) is 1. The van der Waals surface area contributed by atoms with E-state index >= 15 is 0 Å². The van der Waals surface area contributed by atoms with Gasteiger partial charge in [0.15, 0.2) is 0 Å². The zero-order chi connectivity index (χ0) is 17.0. The Balaban J connectivity index is 0.00000288. The molecule has 7 heteroatoms. The van der Waals surface area contributed by atoms with Crippen LogP contribution in [0.1, 0.15) is 50.1 Å². The molecule has 1 fully saturated rings. The van der Waals surface area contributed by atoms with Crippen molar-refractivity contribution in [2.24, 2.45) is 13.0 Å². The molecule has 25 heavy (non-hydrogen) atoms. The van der Waals surface area contributed by atoms with Gasteiger partial charge >= 0.3 is 0 Å². The highest BCUT2D eigenvalue weighted by atomic mass is 35.5. The van der Waals surface area contributed by atoms with Gasteiger partial charge < -0.3 is 10.2 Å². The molecule has 0 radical (unpaired) electrons. The lowest BCUT2D eigenvalue weighted by Gasteiger charge is -2.36. The maximum Gasteiger partial charge on any atom is 0.225 e. The first kappa shape index (κ1) is 24.2. The molecule has 1 aliphatic heterocycles. The van der Waals surface area contributed by atoms with E-state index in [2.05, 4.69) is 36.1 Å². The third-order valence-electron chi connectivity index (χ3n) is 5.09. The van der Waals surface area contributed by atoms with Crippen molar-refractivity contribution in [2.45, 2.75) is 59.4 Å². The van der Waals surface area contributed by atoms with E-state index in [-0.39, 0.29) is 30.7 Å². The maximum atomic E-state index is 13.0. The molecule has 1 unspecified atom stereocenters. The first-order valence-corrected chi connectivity index (χ1v) is 8.96. The van der Waals surface area contributed by atoms with Crippen molar-refractivity contribution in [1.29, 1.82) is 0 Å². The molecule has 1 aromatic heterocycles. The van der Waals surface area contributed by atoms with Gasteiger partial charge in [-0.25, -0.2) is 0 Å². The number of rotatable bonds is 6. The summed E-state index contributed by atoms with van der Waals surface area (Å²) < 4.78 is 1.92. The van der Waals surface area contributed by atoms with Crippen molar-refractivity contribution < 1.29 is 4.79 Å². The molecular weight excluding hydrogens is 359 g/mol. The lowest BCUT2D eigenvalue weighted by Crippen LogP contribution is -2.48. The summed E-state index contributed by atoms with van der Waals surface area (Å²) in [7, 11) is 1.97. The Morgan fingerprint density at radius 3 is 2.40 bits per heavy atom. The third kappa shape index (κ3) is 5.87.